The van der Waals surface area contributed by atoms with Crippen molar-refractivity contribution in [3.8, 4) is 0 Å². The Hall–Kier alpha value is -1.61. The SMILES string of the molecule is CC(C)CCC(C)(CC=N)C(=O)c1ccc2[nH]ccc2c1.Cl. The van der Waals surface area contributed by atoms with Crippen molar-refractivity contribution >= 4 is 35.3 Å². The Labute approximate surface area is 138 Å². The number of carbonyl (C=O) groups is 1. The van der Waals surface area contributed by atoms with Gasteiger partial charge in [0.05, 0.1) is 0 Å². The topological polar surface area (TPSA) is 56.7 Å². The van der Waals surface area contributed by atoms with Crippen LogP contribution in [0.25, 0.3) is 10.9 Å². The third kappa shape index (κ3) is 3.98. The Morgan fingerprint density at radius 3 is 2.73 bits per heavy atom. The van der Waals surface area contributed by atoms with E-state index >= 15 is 0 Å². The van der Waals surface area contributed by atoms with Gasteiger partial charge in [0.2, 0.25) is 0 Å². The molecule has 22 heavy (non-hydrogen) atoms. The number of H-pyrrole nitrogens is 1. The molecule has 4 heteroatoms. The van der Waals surface area contributed by atoms with Crippen LogP contribution in [0.4, 0.5) is 0 Å². The second kappa shape index (κ2) is 7.59. The minimum absolute atomic E-state index is 0. The monoisotopic (exact) mass is 320 g/mol. The fraction of sp³-hybridized carbons (Fsp3) is 0.444. The summed E-state index contributed by atoms with van der Waals surface area (Å²) in [5, 5.41) is 8.48. The van der Waals surface area contributed by atoms with Crippen LogP contribution in [-0.2, 0) is 0 Å². The summed E-state index contributed by atoms with van der Waals surface area (Å²) < 4.78 is 0. The van der Waals surface area contributed by atoms with Crippen molar-refractivity contribution in [3.05, 3.63) is 36.0 Å². The van der Waals surface area contributed by atoms with Crippen molar-refractivity contribution in [2.45, 2.75) is 40.0 Å². The minimum Gasteiger partial charge on any atom is -0.361 e. The van der Waals surface area contributed by atoms with E-state index < -0.39 is 5.41 Å². The van der Waals surface area contributed by atoms with E-state index in [1.165, 1.54) is 6.21 Å². The molecule has 1 atom stereocenters. The predicted octanol–water partition coefficient (Wildman–Crippen LogP) is 5.25. The molecule has 0 amide bonds. The van der Waals surface area contributed by atoms with Gasteiger partial charge in [-0.05, 0) is 49.2 Å². The summed E-state index contributed by atoms with van der Waals surface area (Å²) in [4.78, 5) is 16.1. The highest BCUT2D eigenvalue weighted by Gasteiger charge is 2.32. The van der Waals surface area contributed by atoms with Crippen molar-refractivity contribution in [1.29, 1.82) is 5.41 Å². The lowest BCUT2D eigenvalue weighted by Gasteiger charge is -2.27. The van der Waals surface area contributed by atoms with Gasteiger partial charge in [0, 0.05) is 28.1 Å². The Morgan fingerprint density at radius 1 is 1.36 bits per heavy atom. The van der Waals surface area contributed by atoms with E-state index in [1.807, 2.05) is 37.4 Å². The van der Waals surface area contributed by atoms with Gasteiger partial charge < -0.3 is 10.4 Å². The second-order valence-corrected chi connectivity index (χ2v) is 6.51. The van der Waals surface area contributed by atoms with Crippen molar-refractivity contribution in [3.63, 3.8) is 0 Å². The first-order chi connectivity index (χ1) is 9.96. The molecule has 0 aliphatic carbocycles. The molecule has 2 aromatic rings. The summed E-state index contributed by atoms with van der Waals surface area (Å²) in [5.74, 6) is 0.713. The molecule has 1 aromatic heterocycles. The molecule has 0 radical (unpaired) electrons. The van der Waals surface area contributed by atoms with E-state index in [0.717, 1.165) is 29.3 Å². The largest absolute Gasteiger partial charge is 0.361 e. The van der Waals surface area contributed by atoms with E-state index in [-0.39, 0.29) is 18.2 Å². The maximum atomic E-state index is 12.9. The van der Waals surface area contributed by atoms with Gasteiger partial charge in [-0.1, -0.05) is 27.2 Å². The first-order valence-corrected chi connectivity index (χ1v) is 7.57. The summed E-state index contributed by atoms with van der Waals surface area (Å²) in [6, 6.07) is 7.77. The maximum absolute atomic E-state index is 12.9. The van der Waals surface area contributed by atoms with Gasteiger partial charge in [0.1, 0.15) is 0 Å². The fourth-order valence-electron chi connectivity index (χ4n) is 2.68. The van der Waals surface area contributed by atoms with Crippen LogP contribution in [0, 0.1) is 16.7 Å². The molecule has 2 rings (SSSR count). The number of fused-ring (bicyclic) bond motifs is 1. The van der Waals surface area contributed by atoms with Crippen LogP contribution in [0.15, 0.2) is 30.5 Å². The van der Waals surface area contributed by atoms with Crippen molar-refractivity contribution < 1.29 is 4.79 Å². The number of nitrogens with one attached hydrogen (secondary N) is 2. The number of hydrogen-bond donors (Lipinski definition) is 2. The van der Waals surface area contributed by atoms with E-state index in [4.69, 9.17) is 5.41 Å². The van der Waals surface area contributed by atoms with Gasteiger partial charge in [-0.3, -0.25) is 4.79 Å². The summed E-state index contributed by atoms with van der Waals surface area (Å²) in [6.07, 6.45) is 5.58. The highest BCUT2D eigenvalue weighted by Crippen LogP contribution is 2.33. The number of rotatable bonds is 7. The van der Waals surface area contributed by atoms with Crippen molar-refractivity contribution in [2.24, 2.45) is 11.3 Å². The number of aromatic amines is 1. The van der Waals surface area contributed by atoms with Gasteiger partial charge >= 0.3 is 0 Å². The van der Waals surface area contributed by atoms with E-state index in [0.29, 0.717) is 12.3 Å². The molecule has 1 heterocycles. The molecule has 2 N–H and O–H groups in total. The average Bonchev–Trinajstić information content (AvgIpc) is 2.92. The zero-order valence-electron chi connectivity index (χ0n) is 13.5. The van der Waals surface area contributed by atoms with Gasteiger partial charge in [0.25, 0.3) is 0 Å². The quantitative estimate of drug-likeness (QED) is 0.531. The van der Waals surface area contributed by atoms with Gasteiger partial charge in [-0.2, -0.15) is 0 Å². The van der Waals surface area contributed by atoms with Crippen molar-refractivity contribution in [1.82, 2.24) is 4.98 Å². The molecule has 0 aliphatic rings. The van der Waals surface area contributed by atoms with Crippen LogP contribution in [0.5, 0.6) is 0 Å². The van der Waals surface area contributed by atoms with Gasteiger partial charge in [-0.25, -0.2) is 0 Å². The molecule has 120 valence electrons. The molecule has 0 bridgehead atoms. The molecular weight excluding hydrogens is 296 g/mol. The molecule has 0 spiro atoms. The lowest BCUT2D eigenvalue weighted by molar-refractivity contribution is 0.0804. The third-order valence-corrected chi connectivity index (χ3v) is 4.19. The standard InChI is InChI=1S/C18H24N2O.ClH/c1-13(2)6-8-18(3,9-10-19)17(21)15-4-5-16-14(12-15)7-11-20-16;/h4-5,7,10-13,19-20H,6,8-9H2,1-3H3;1H. The number of aromatic nitrogens is 1. The lowest BCUT2D eigenvalue weighted by Crippen LogP contribution is -2.29. The summed E-state index contributed by atoms with van der Waals surface area (Å²) in [6.45, 7) is 6.33. The number of benzene rings is 1. The summed E-state index contributed by atoms with van der Waals surface area (Å²) in [7, 11) is 0. The normalized spacial score (nSPS) is 13.6. The highest BCUT2D eigenvalue weighted by molar-refractivity contribution is 6.03. The Kier molecular flexibility index (Phi) is 6.36. The average molecular weight is 321 g/mol. The van der Waals surface area contributed by atoms with Crippen LogP contribution in [0.2, 0.25) is 0 Å². The zero-order valence-corrected chi connectivity index (χ0v) is 14.3. The molecule has 0 saturated heterocycles. The number of hydrogen-bond acceptors (Lipinski definition) is 2. The fourth-order valence-corrected chi connectivity index (χ4v) is 2.68. The van der Waals surface area contributed by atoms with Crippen LogP contribution in [0.1, 0.15) is 50.4 Å². The molecule has 0 fully saturated rings. The van der Waals surface area contributed by atoms with E-state index in [2.05, 4.69) is 18.8 Å². The number of ketones is 1. The first-order valence-electron chi connectivity index (χ1n) is 7.57. The number of Topliss-reactive ketones (excluding diaryl/α,β-unsaturated/α-hetero) is 1. The van der Waals surface area contributed by atoms with E-state index in [1.54, 1.807) is 0 Å². The summed E-state index contributed by atoms with van der Waals surface area (Å²) >= 11 is 0. The predicted molar refractivity (Wildman–Crippen MR) is 95.5 cm³/mol. The molecule has 0 aliphatic heterocycles. The van der Waals surface area contributed by atoms with Crippen LogP contribution >= 0.6 is 12.4 Å². The Morgan fingerprint density at radius 2 is 2.09 bits per heavy atom. The smallest absolute Gasteiger partial charge is 0.169 e. The first kappa shape index (κ1) is 18.4. The number of halogens is 1. The molecule has 3 nitrogen and oxygen atoms in total. The molecule has 0 saturated carbocycles. The third-order valence-electron chi connectivity index (χ3n) is 4.19. The van der Waals surface area contributed by atoms with E-state index in [9.17, 15) is 4.79 Å². The second-order valence-electron chi connectivity index (χ2n) is 6.51. The van der Waals surface area contributed by atoms with Crippen LogP contribution < -0.4 is 0 Å². The van der Waals surface area contributed by atoms with Crippen LogP contribution in [0.3, 0.4) is 0 Å². The molecular formula is C18H25ClN2O. The molecule has 1 aromatic carbocycles. The Bertz CT molecular complexity index is 647. The van der Waals surface area contributed by atoms with Crippen molar-refractivity contribution in [2.75, 3.05) is 0 Å². The van der Waals surface area contributed by atoms with Gasteiger partial charge in [-0.15, -0.1) is 12.4 Å². The Balaban J connectivity index is 0.00000242. The zero-order chi connectivity index (χ0) is 15.5. The molecule has 1 unspecified atom stereocenters. The highest BCUT2D eigenvalue weighted by atomic mass is 35.5. The lowest BCUT2D eigenvalue weighted by atomic mass is 9.75. The van der Waals surface area contributed by atoms with Gasteiger partial charge in [0.15, 0.2) is 5.78 Å². The number of carbonyl (C=O) groups excluding carboxylic acids is 1. The van der Waals surface area contributed by atoms with Crippen LogP contribution in [-0.4, -0.2) is 17.0 Å². The maximum Gasteiger partial charge on any atom is 0.169 e. The summed E-state index contributed by atoms with van der Waals surface area (Å²) in [5.41, 5.74) is 1.31. The minimum atomic E-state index is -0.476.